The van der Waals surface area contributed by atoms with Gasteiger partial charge in [-0.2, -0.15) is 0 Å². The summed E-state index contributed by atoms with van der Waals surface area (Å²) in [5.41, 5.74) is -1.51. The summed E-state index contributed by atoms with van der Waals surface area (Å²) in [5, 5.41) is 8.90. The van der Waals surface area contributed by atoms with E-state index in [9.17, 15) is 14.0 Å². The van der Waals surface area contributed by atoms with Crippen LogP contribution in [0.1, 0.15) is 46.5 Å². The predicted molar refractivity (Wildman–Crippen MR) is 62.5 cm³/mol. The number of ketones is 1. The highest BCUT2D eigenvalue weighted by Crippen LogP contribution is 2.44. The lowest BCUT2D eigenvalue weighted by molar-refractivity contribution is -0.148. The normalized spacial score (nSPS) is 30.0. The van der Waals surface area contributed by atoms with Crippen molar-refractivity contribution in [2.24, 2.45) is 16.7 Å². The maximum Gasteiger partial charge on any atom is 0.306 e. The molecule has 0 saturated heterocycles. The molecule has 1 aliphatic carbocycles. The van der Waals surface area contributed by atoms with Gasteiger partial charge in [-0.15, -0.1) is 0 Å². The summed E-state index contributed by atoms with van der Waals surface area (Å²) >= 11 is 0. The van der Waals surface area contributed by atoms with E-state index in [1.165, 1.54) is 0 Å². The molecule has 0 aromatic heterocycles. The van der Waals surface area contributed by atoms with Gasteiger partial charge in [-0.1, -0.05) is 20.8 Å². The zero-order valence-electron chi connectivity index (χ0n) is 10.8. The highest BCUT2D eigenvalue weighted by Gasteiger charge is 2.46. The Morgan fingerprint density at radius 3 is 2.06 bits per heavy atom. The molecule has 0 spiro atoms. The number of hydrogen-bond acceptors (Lipinski definition) is 2. The van der Waals surface area contributed by atoms with Gasteiger partial charge in [0.2, 0.25) is 0 Å². The van der Waals surface area contributed by atoms with E-state index >= 15 is 0 Å². The van der Waals surface area contributed by atoms with Crippen LogP contribution >= 0.6 is 0 Å². The molecule has 0 aliphatic heterocycles. The molecule has 98 valence electrons. The van der Waals surface area contributed by atoms with Crippen molar-refractivity contribution in [1.29, 1.82) is 0 Å². The van der Waals surface area contributed by atoms with E-state index in [1.54, 1.807) is 20.8 Å². The van der Waals surface area contributed by atoms with Crippen LogP contribution in [0.25, 0.3) is 0 Å². The second-order valence-corrected chi connectivity index (χ2v) is 6.11. The van der Waals surface area contributed by atoms with E-state index in [-0.39, 0.29) is 5.78 Å². The Morgan fingerprint density at radius 2 is 1.76 bits per heavy atom. The monoisotopic (exact) mass is 244 g/mol. The quantitative estimate of drug-likeness (QED) is 0.830. The first kappa shape index (κ1) is 14.1. The Balaban J connectivity index is 2.81. The van der Waals surface area contributed by atoms with Gasteiger partial charge in [-0.3, -0.25) is 14.0 Å². The van der Waals surface area contributed by atoms with Gasteiger partial charge in [0, 0.05) is 5.41 Å². The van der Waals surface area contributed by atoms with E-state index in [0.717, 1.165) is 0 Å². The van der Waals surface area contributed by atoms with Gasteiger partial charge in [-0.25, -0.2) is 0 Å². The van der Waals surface area contributed by atoms with Crippen molar-refractivity contribution in [3.63, 3.8) is 0 Å². The molecule has 0 bridgehead atoms. The Morgan fingerprint density at radius 1 is 1.29 bits per heavy atom. The summed E-state index contributed by atoms with van der Waals surface area (Å²) in [5.74, 6) is -1.32. The lowest BCUT2D eigenvalue weighted by Gasteiger charge is -2.39. The highest BCUT2D eigenvalue weighted by atomic mass is 19.1. The molecule has 0 unspecified atom stereocenters. The van der Waals surface area contributed by atoms with Crippen molar-refractivity contribution < 1.29 is 19.1 Å². The average Bonchev–Trinajstić information content (AvgIpc) is 2.26. The minimum absolute atomic E-state index is 0.0728. The maximum atomic E-state index is 13.3. The number of aliphatic carboxylic acids is 1. The molecule has 0 aromatic carbocycles. The number of carbonyl (C=O) groups is 2. The number of hydrogen-bond donors (Lipinski definition) is 1. The van der Waals surface area contributed by atoms with Gasteiger partial charge in [0.05, 0.1) is 11.3 Å². The van der Waals surface area contributed by atoms with Crippen LogP contribution in [0.15, 0.2) is 0 Å². The van der Waals surface area contributed by atoms with Gasteiger partial charge in [0.25, 0.3) is 0 Å². The van der Waals surface area contributed by atoms with E-state index in [2.05, 4.69) is 0 Å². The van der Waals surface area contributed by atoms with Crippen LogP contribution in [0.2, 0.25) is 0 Å². The number of carbonyl (C=O) groups excluding carboxylic acids is 1. The Kier molecular flexibility index (Phi) is 3.95. The number of carboxylic acids is 1. The lowest BCUT2D eigenvalue weighted by atomic mass is 9.63. The molecule has 1 N–H and O–H groups in total. The molecule has 3 nitrogen and oxygen atoms in total. The van der Waals surface area contributed by atoms with E-state index in [4.69, 9.17) is 5.11 Å². The summed E-state index contributed by atoms with van der Waals surface area (Å²) in [7, 11) is 0. The molecule has 1 saturated carbocycles. The molecule has 1 rings (SSSR count). The van der Waals surface area contributed by atoms with Crippen molar-refractivity contribution in [1.82, 2.24) is 0 Å². The van der Waals surface area contributed by atoms with Gasteiger partial charge in [-0.05, 0) is 25.7 Å². The van der Waals surface area contributed by atoms with Gasteiger partial charge in [0.1, 0.15) is 12.5 Å². The molecule has 17 heavy (non-hydrogen) atoms. The van der Waals surface area contributed by atoms with Crippen molar-refractivity contribution in [2.45, 2.75) is 46.5 Å². The summed E-state index contributed by atoms with van der Waals surface area (Å²) < 4.78 is 13.3. The van der Waals surface area contributed by atoms with E-state index in [0.29, 0.717) is 25.7 Å². The second kappa shape index (κ2) is 4.75. The molecule has 0 heterocycles. The number of halogens is 1. The van der Waals surface area contributed by atoms with Crippen molar-refractivity contribution in [3.8, 4) is 0 Å². The molecular formula is C13H21FO3. The van der Waals surface area contributed by atoms with Crippen LogP contribution in [0.3, 0.4) is 0 Å². The Bertz CT molecular complexity index is 309. The zero-order chi connectivity index (χ0) is 13.3. The van der Waals surface area contributed by atoms with Crippen molar-refractivity contribution in [2.75, 3.05) is 6.67 Å². The standard InChI is InChI=1S/C13H21FO3/c1-12(2,3)11(17)13(8-14)6-4-9(5-7-13)10(15)16/h9H,4-8H2,1-3H3,(H,15,16). The maximum absolute atomic E-state index is 13.3. The Hall–Kier alpha value is -0.930. The zero-order valence-corrected chi connectivity index (χ0v) is 10.8. The Labute approximate surface area is 101 Å². The first-order valence-electron chi connectivity index (χ1n) is 6.06. The van der Waals surface area contributed by atoms with Crippen LogP contribution in [-0.2, 0) is 9.59 Å². The summed E-state index contributed by atoms with van der Waals surface area (Å²) in [4.78, 5) is 23.1. The fourth-order valence-electron chi connectivity index (χ4n) is 2.63. The minimum atomic E-state index is -0.940. The summed E-state index contributed by atoms with van der Waals surface area (Å²) in [6.45, 7) is 4.69. The molecule has 0 aromatic rings. The van der Waals surface area contributed by atoms with Gasteiger partial charge < -0.3 is 5.11 Å². The molecule has 0 amide bonds. The number of rotatable bonds is 3. The second-order valence-electron chi connectivity index (χ2n) is 6.11. The third kappa shape index (κ3) is 2.85. The highest BCUT2D eigenvalue weighted by molar-refractivity contribution is 5.89. The number of alkyl halides is 1. The lowest BCUT2D eigenvalue weighted by Crippen LogP contribution is -2.44. The largest absolute Gasteiger partial charge is 0.481 e. The van der Waals surface area contributed by atoms with E-state index in [1.807, 2.05) is 0 Å². The van der Waals surface area contributed by atoms with Crippen LogP contribution in [0, 0.1) is 16.7 Å². The SMILES string of the molecule is CC(C)(C)C(=O)C1(CF)CCC(C(=O)O)CC1. The van der Waals surface area contributed by atoms with Gasteiger partial charge >= 0.3 is 5.97 Å². The van der Waals surface area contributed by atoms with Crippen LogP contribution in [0.5, 0.6) is 0 Å². The molecule has 1 aliphatic rings. The number of carboxylic acid groups (broad SMARTS) is 1. The summed E-state index contributed by atoms with van der Waals surface area (Å²) in [6.07, 6.45) is 1.52. The first-order valence-corrected chi connectivity index (χ1v) is 6.06. The van der Waals surface area contributed by atoms with Crippen LogP contribution in [-0.4, -0.2) is 23.5 Å². The smallest absolute Gasteiger partial charge is 0.306 e. The summed E-state index contributed by atoms with van der Waals surface area (Å²) in [6, 6.07) is 0. The fraction of sp³-hybridized carbons (Fsp3) is 0.846. The third-order valence-electron chi connectivity index (χ3n) is 3.71. The molecule has 0 atom stereocenters. The molecule has 0 radical (unpaired) electrons. The predicted octanol–water partition coefficient (Wildman–Crippen LogP) is 2.83. The average molecular weight is 244 g/mol. The number of Topliss-reactive ketones (excluding diaryl/α,β-unsaturated/α-hetero) is 1. The third-order valence-corrected chi connectivity index (χ3v) is 3.71. The van der Waals surface area contributed by atoms with E-state index < -0.39 is 29.4 Å². The first-order chi connectivity index (χ1) is 7.73. The minimum Gasteiger partial charge on any atom is -0.481 e. The van der Waals surface area contributed by atoms with Gasteiger partial charge in [0.15, 0.2) is 0 Å². The van der Waals surface area contributed by atoms with Crippen molar-refractivity contribution in [3.05, 3.63) is 0 Å². The topological polar surface area (TPSA) is 54.4 Å². The fourth-order valence-corrected chi connectivity index (χ4v) is 2.63. The van der Waals surface area contributed by atoms with Crippen LogP contribution in [0.4, 0.5) is 4.39 Å². The molecule has 4 heteroatoms. The van der Waals surface area contributed by atoms with Crippen LogP contribution < -0.4 is 0 Å². The molecular weight excluding hydrogens is 223 g/mol. The molecule has 1 fully saturated rings. The van der Waals surface area contributed by atoms with Crippen molar-refractivity contribution >= 4 is 11.8 Å².